The number of hydrogen-bond donors (Lipinski definition) is 2. The van der Waals surface area contributed by atoms with E-state index >= 15 is 0 Å². The van der Waals surface area contributed by atoms with Crippen molar-refractivity contribution < 1.29 is 9.47 Å². The Hall–Kier alpha value is -0.0800. The molecule has 0 heterocycles. The number of halogens is 1. The second kappa shape index (κ2) is 16.0. The maximum absolute atomic E-state index is 5.51. The SMILES string of the molecule is CN=C(NCCCOC)NCCCOCC(C)C.I. The van der Waals surface area contributed by atoms with Crippen LogP contribution in [0.1, 0.15) is 26.7 Å². The molecule has 0 unspecified atom stereocenters. The summed E-state index contributed by atoms with van der Waals surface area (Å²) in [6.07, 6.45) is 1.97. The fourth-order valence-corrected chi connectivity index (χ4v) is 1.34. The van der Waals surface area contributed by atoms with Crippen LogP contribution in [0.5, 0.6) is 0 Å². The van der Waals surface area contributed by atoms with Crippen molar-refractivity contribution in [3.8, 4) is 0 Å². The summed E-state index contributed by atoms with van der Waals surface area (Å²) in [4.78, 5) is 4.14. The van der Waals surface area contributed by atoms with E-state index in [-0.39, 0.29) is 24.0 Å². The van der Waals surface area contributed by atoms with Crippen LogP contribution in [0.15, 0.2) is 4.99 Å². The van der Waals surface area contributed by atoms with Crippen LogP contribution >= 0.6 is 24.0 Å². The minimum Gasteiger partial charge on any atom is -0.385 e. The van der Waals surface area contributed by atoms with Gasteiger partial charge in [0.1, 0.15) is 0 Å². The molecule has 0 rings (SSSR count). The van der Waals surface area contributed by atoms with Crippen molar-refractivity contribution in [2.24, 2.45) is 10.9 Å². The zero-order chi connectivity index (χ0) is 13.6. The number of rotatable bonds is 10. The van der Waals surface area contributed by atoms with Gasteiger partial charge in [-0.2, -0.15) is 0 Å². The van der Waals surface area contributed by atoms with Crippen LogP contribution in [0, 0.1) is 5.92 Å². The first-order valence-electron chi connectivity index (χ1n) is 6.72. The Morgan fingerprint density at radius 1 is 1.11 bits per heavy atom. The molecule has 0 bridgehead atoms. The monoisotopic (exact) mass is 387 g/mol. The topological polar surface area (TPSA) is 54.9 Å². The van der Waals surface area contributed by atoms with E-state index < -0.39 is 0 Å². The van der Waals surface area contributed by atoms with Gasteiger partial charge in [-0.3, -0.25) is 4.99 Å². The highest BCUT2D eigenvalue weighted by Gasteiger charge is 1.97. The third-order valence-corrected chi connectivity index (χ3v) is 2.25. The predicted octanol–water partition coefficient (Wildman–Crippen LogP) is 1.87. The van der Waals surface area contributed by atoms with Gasteiger partial charge in [-0.25, -0.2) is 0 Å². The second-order valence-electron chi connectivity index (χ2n) is 4.59. The van der Waals surface area contributed by atoms with Crippen molar-refractivity contribution in [3.05, 3.63) is 0 Å². The average molecular weight is 387 g/mol. The van der Waals surface area contributed by atoms with E-state index in [9.17, 15) is 0 Å². The Morgan fingerprint density at radius 3 is 2.16 bits per heavy atom. The van der Waals surface area contributed by atoms with Crippen LogP contribution in [0.4, 0.5) is 0 Å². The summed E-state index contributed by atoms with van der Waals surface area (Å²) in [5.74, 6) is 1.45. The van der Waals surface area contributed by atoms with Crippen LogP contribution in [-0.4, -0.2) is 53.0 Å². The van der Waals surface area contributed by atoms with Gasteiger partial charge in [-0.15, -0.1) is 24.0 Å². The van der Waals surface area contributed by atoms with Crippen molar-refractivity contribution in [2.45, 2.75) is 26.7 Å². The maximum Gasteiger partial charge on any atom is 0.190 e. The quantitative estimate of drug-likeness (QED) is 0.260. The number of methoxy groups -OCH3 is 1. The third-order valence-electron chi connectivity index (χ3n) is 2.25. The van der Waals surface area contributed by atoms with Crippen molar-refractivity contribution in [2.75, 3.05) is 47.1 Å². The zero-order valence-electron chi connectivity index (χ0n) is 12.7. The molecular weight excluding hydrogens is 357 g/mol. The summed E-state index contributed by atoms with van der Waals surface area (Å²) in [5, 5.41) is 6.48. The van der Waals surface area contributed by atoms with Gasteiger partial charge in [0, 0.05) is 47.1 Å². The molecule has 116 valence electrons. The number of nitrogens with one attached hydrogen (secondary N) is 2. The van der Waals surface area contributed by atoms with Gasteiger partial charge in [0.15, 0.2) is 5.96 Å². The molecule has 0 radical (unpaired) electrons. The van der Waals surface area contributed by atoms with E-state index in [0.717, 1.165) is 51.7 Å². The molecule has 0 saturated heterocycles. The average Bonchev–Trinajstić information content (AvgIpc) is 2.35. The van der Waals surface area contributed by atoms with Gasteiger partial charge in [0.25, 0.3) is 0 Å². The summed E-state index contributed by atoms with van der Waals surface area (Å²) < 4.78 is 10.5. The molecule has 0 aromatic heterocycles. The summed E-state index contributed by atoms with van der Waals surface area (Å²) >= 11 is 0. The summed E-state index contributed by atoms with van der Waals surface area (Å²) in [7, 11) is 3.49. The van der Waals surface area contributed by atoms with Crippen molar-refractivity contribution in [1.82, 2.24) is 10.6 Å². The molecular formula is C13H30IN3O2. The summed E-state index contributed by atoms with van der Waals surface area (Å²) in [5.41, 5.74) is 0. The minimum absolute atomic E-state index is 0. The molecule has 0 saturated carbocycles. The second-order valence-corrected chi connectivity index (χ2v) is 4.59. The third kappa shape index (κ3) is 15.9. The lowest BCUT2D eigenvalue weighted by atomic mass is 10.2. The fraction of sp³-hybridized carbons (Fsp3) is 0.923. The van der Waals surface area contributed by atoms with Gasteiger partial charge < -0.3 is 20.1 Å². The van der Waals surface area contributed by atoms with Crippen LogP contribution < -0.4 is 10.6 Å². The number of aliphatic imine (C=N–C) groups is 1. The molecule has 0 spiro atoms. The van der Waals surface area contributed by atoms with Gasteiger partial charge in [-0.05, 0) is 18.8 Å². The van der Waals surface area contributed by atoms with Gasteiger partial charge >= 0.3 is 0 Å². The van der Waals surface area contributed by atoms with Crippen molar-refractivity contribution in [3.63, 3.8) is 0 Å². The van der Waals surface area contributed by atoms with Gasteiger partial charge in [-0.1, -0.05) is 13.8 Å². The van der Waals surface area contributed by atoms with E-state index in [1.165, 1.54) is 0 Å². The van der Waals surface area contributed by atoms with E-state index in [0.29, 0.717) is 5.92 Å². The summed E-state index contributed by atoms with van der Waals surface area (Å²) in [6, 6.07) is 0. The van der Waals surface area contributed by atoms with Crippen LogP contribution in [0.2, 0.25) is 0 Å². The highest BCUT2D eigenvalue weighted by molar-refractivity contribution is 14.0. The van der Waals surface area contributed by atoms with E-state index in [1.807, 2.05) is 0 Å². The van der Waals surface area contributed by atoms with E-state index in [1.54, 1.807) is 14.2 Å². The molecule has 2 N–H and O–H groups in total. The number of ether oxygens (including phenoxy) is 2. The molecule has 6 heteroatoms. The molecule has 0 aliphatic heterocycles. The van der Waals surface area contributed by atoms with E-state index in [4.69, 9.17) is 9.47 Å². The molecule has 0 aromatic carbocycles. The van der Waals surface area contributed by atoms with Crippen LogP contribution in [-0.2, 0) is 9.47 Å². The molecule has 0 aliphatic rings. The molecule has 19 heavy (non-hydrogen) atoms. The Bertz CT molecular complexity index is 214. The van der Waals surface area contributed by atoms with Crippen LogP contribution in [0.3, 0.4) is 0 Å². The van der Waals surface area contributed by atoms with Crippen molar-refractivity contribution in [1.29, 1.82) is 0 Å². The minimum atomic E-state index is 0. The standard InChI is InChI=1S/C13H29N3O2.HI/c1-12(2)11-18-10-6-8-16-13(14-3)15-7-5-9-17-4;/h12H,5-11H2,1-4H3,(H2,14,15,16);1H. The molecule has 0 aromatic rings. The zero-order valence-corrected chi connectivity index (χ0v) is 15.0. The molecule has 0 atom stereocenters. The highest BCUT2D eigenvalue weighted by Crippen LogP contribution is 1.92. The molecule has 5 nitrogen and oxygen atoms in total. The highest BCUT2D eigenvalue weighted by atomic mass is 127. The Kier molecular flexibility index (Phi) is 17.8. The lowest BCUT2D eigenvalue weighted by Crippen LogP contribution is -2.38. The maximum atomic E-state index is 5.51. The first-order chi connectivity index (χ1) is 8.70. The molecule has 0 amide bonds. The van der Waals surface area contributed by atoms with Crippen LogP contribution in [0.25, 0.3) is 0 Å². The van der Waals surface area contributed by atoms with Gasteiger partial charge in [0.2, 0.25) is 0 Å². The molecule has 0 fully saturated rings. The lowest BCUT2D eigenvalue weighted by molar-refractivity contribution is 0.108. The van der Waals surface area contributed by atoms with Crippen molar-refractivity contribution >= 4 is 29.9 Å². The molecule has 0 aliphatic carbocycles. The van der Waals surface area contributed by atoms with Gasteiger partial charge in [0.05, 0.1) is 0 Å². The van der Waals surface area contributed by atoms with E-state index in [2.05, 4.69) is 29.5 Å². The number of hydrogen-bond acceptors (Lipinski definition) is 3. The number of guanidine groups is 1. The first kappa shape index (κ1) is 21.2. The summed E-state index contributed by atoms with van der Waals surface area (Å²) in [6.45, 7) is 8.47. The normalized spacial score (nSPS) is 11.3. The Labute approximate surface area is 134 Å². The Morgan fingerprint density at radius 2 is 1.68 bits per heavy atom. The first-order valence-corrected chi connectivity index (χ1v) is 6.72. The Balaban J connectivity index is 0. The smallest absolute Gasteiger partial charge is 0.190 e. The largest absolute Gasteiger partial charge is 0.385 e. The lowest BCUT2D eigenvalue weighted by Gasteiger charge is -2.12. The fourth-order valence-electron chi connectivity index (χ4n) is 1.34. The number of nitrogens with zero attached hydrogens (tertiary/aromatic N) is 1. The predicted molar refractivity (Wildman–Crippen MR) is 91.5 cm³/mol.